The van der Waals surface area contributed by atoms with Gasteiger partial charge in [0.05, 0.1) is 5.75 Å². The van der Waals surface area contributed by atoms with Gasteiger partial charge in [-0.25, -0.2) is 0 Å². The number of thioether (sulfide) groups is 1. The largest absolute Gasteiger partial charge is 0.618 e. The molecule has 0 unspecified atom stereocenters. The van der Waals surface area contributed by atoms with E-state index in [2.05, 4.69) is 27.9 Å². The molecule has 4 nitrogen and oxygen atoms in total. The highest BCUT2D eigenvalue weighted by Crippen LogP contribution is 2.15. The number of anilines is 1. The molecule has 1 N–H and O–H groups in total. The Kier molecular flexibility index (Phi) is 5.03. The van der Waals surface area contributed by atoms with Crippen LogP contribution in [0.3, 0.4) is 0 Å². The van der Waals surface area contributed by atoms with Crippen molar-refractivity contribution in [2.24, 2.45) is 0 Å². The Bertz CT molecular complexity index is 592. The number of carbonyl (C=O) groups is 1. The number of benzene rings is 1. The summed E-state index contributed by atoms with van der Waals surface area (Å²) in [5.41, 5.74) is 0.764. The fourth-order valence-corrected chi connectivity index (χ4v) is 2.68. The summed E-state index contributed by atoms with van der Waals surface area (Å²) in [5.74, 6) is 0.0772. The van der Waals surface area contributed by atoms with Gasteiger partial charge in [-0.2, -0.15) is 4.73 Å². The van der Waals surface area contributed by atoms with Crippen molar-refractivity contribution in [3.8, 4) is 0 Å². The average molecular weight is 386 g/mol. The fourth-order valence-electron chi connectivity index (χ4n) is 1.43. The van der Waals surface area contributed by atoms with Gasteiger partial charge in [-0.05, 0) is 58.6 Å². The first kappa shape index (κ1) is 14.1. The van der Waals surface area contributed by atoms with Gasteiger partial charge >= 0.3 is 0 Å². The standard InChI is InChI=1S/C13H11IN2O2S/c14-10-4-3-5-11(8-10)15-12(17)9-19-13-6-1-2-7-16(13)18/h1-8H,9H2,(H,15,17). The molecule has 0 bridgehead atoms. The molecule has 0 aliphatic heterocycles. The molecular formula is C13H11IN2O2S. The molecule has 0 spiro atoms. The smallest absolute Gasteiger partial charge is 0.251 e. The highest BCUT2D eigenvalue weighted by Gasteiger charge is 2.09. The molecule has 0 atom stereocenters. The highest BCUT2D eigenvalue weighted by molar-refractivity contribution is 14.1. The van der Waals surface area contributed by atoms with Crippen LogP contribution in [-0.4, -0.2) is 11.7 Å². The molecule has 0 fully saturated rings. The number of aromatic nitrogens is 1. The van der Waals surface area contributed by atoms with Crippen LogP contribution in [0.5, 0.6) is 0 Å². The van der Waals surface area contributed by atoms with E-state index in [1.165, 1.54) is 18.0 Å². The van der Waals surface area contributed by atoms with E-state index in [4.69, 9.17) is 0 Å². The third kappa shape index (κ3) is 4.39. The van der Waals surface area contributed by atoms with E-state index in [1.807, 2.05) is 24.3 Å². The third-order valence-corrected chi connectivity index (χ3v) is 3.94. The third-order valence-electron chi connectivity index (χ3n) is 2.25. The molecule has 19 heavy (non-hydrogen) atoms. The molecule has 2 aromatic rings. The Morgan fingerprint density at radius 2 is 2.16 bits per heavy atom. The first-order valence-electron chi connectivity index (χ1n) is 5.51. The van der Waals surface area contributed by atoms with Crippen molar-refractivity contribution in [2.45, 2.75) is 5.03 Å². The Hall–Kier alpha value is -1.28. The molecule has 1 heterocycles. The summed E-state index contributed by atoms with van der Waals surface area (Å²) in [7, 11) is 0. The topological polar surface area (TPSA) is 56.0 Å². The van der Waals surface area contributed by atoms with E-state index in [0.717, 1.165) is 14.0 Å². The molecule has 0 saturated carbocycles. The maximum atomic E-state index is 11.8. The Balaban J connectivity index is 1.90. The second-order valence-electron chi connectivity index (χ2n) is 3.71. The van der Waals surface area contributed by atoms with E-state index < -0.39 is 0 Å². The SMILES string of the molecule is O=C(CSc1cccc[n+]1[O-])Nc1cccc(I)c1. The lowest BCUT2D eigenvalue weighted by molar-refractivity contribution is -0.645. The quantitative estimate of drug-likeness (QED) is 0.381. The summed E-state index contributed by atoms with van der Waals surface area (Å²) >= 11 is 3.40. The molecule has 2 rings (SSSR count). The van der Waals surface area contributed by atoms with Crippen LogP contribution in [0, 0.1) is 8.78 Å². The van der Waals surface area contributed by atoms with Crippen LogP contribution in [0.4, 0.5) is 5.69 Å². The molecular weight excluding hydrogens is 375 g/mol. The van der Waals surface area contributed by atoms with E-state index in [-0.39, 0.29) is 11.7 Å². The first-order chi connectivity index (χ1) is 9.15. The van der Waals surface area contributed by atoms with Crippen LogP contribution in [0.15, 0.2) is 53.7 Å². The summed E-state index contributed by atoms with van der Waals surface area (Å²) < 4.78 is 1.81. The van der Waals surface area contributed by atoms with Gasteiger partial charge in [-0.1, -0.05) is 6.07 Å². The fraction of sp³-hybridized carbons (Fsp3) is 0.0769. The summed E-state index contributed by atoms with van der Waals surface area (Å²) in [4.78, 5) is 11.8. The van der Waals surface area contributed by atoms with Crippen LogP contribution in [0.25, 0.3) is 0 Å². The van der Waals surface area contributed by atoms with Gasteiger partial charge in [0.15, 0.2) is 6.20 Å². The van der Waals surface area contributed by atoms with Crippen LogP contribution in [0.1, 0.15) is 0 Å². The van der Waals surface area contributed by atoms with Crippen molar-refractivity contribution >= 4 is 45.9 Å². The van der Waals surface area contributed by atoms with Crippen LogP contribution in [-0.2, 0) is 4.79 Å². The minimum absolute atomic E-state index is 0.129. The summed E-state index contributed by atoms with van der Waals surface area (Å²) in [6.07, 6.45) is 1.42. The Morgan fingerprint density at radius 1 is 1.32 bits per heavy atom. The zero-order valence-electron chi connectivity index (χ0n) is 9.88. The second kappa shape index (κ2) is 6.76. The van der Waals surface area contributed by atoms with Crippen LogP contribution < -0.4 is 10.0 Å². The lowest BCUT2D eigenvalue weighted by Gasteiger charge is -2.05. The second-order valence-corrected chi connectivity index (χ2v) is 5.95. The molecule has 1 aromatic carbocycles. The number of hydrogen-bond donors (Lipinski definition) is 1. The van der Waals surface area contributed by atoms with Crippen molar-refractivity contribution in [2.75, 3.05) is 11.1 Å². The zero-order chi connectivity index (χ0) is 13.7. The van der Waals surface area contributed by atoms with Crippen molar-refractivity contribution < 1.29 is 9.52 Å². The summed E-state index contributed by atoms with van der Waals surface area (Å²) in [5, 5.41) is 14.7. The first-order valence-corrected chi connectivity index (χ1v) is 7.58. The summed E-state index contributed by atoms with van der Waals surface area (Å²) in [6, 6.07) is 12.7. The number of amides is 1. The van der Waals surface area contributed by atoms with Gasteiger partial charge in [0, 0.05) is 21.4 Å². The molecule has 0 saturated heterocycles. The minimum Gasteiger partial charge on any atom is -0.618 e. The molecule has 0 radical (unpaired) electrons. The number of hydrogen-bond acceptors (Lipinski definition) is 3. The highest BCUT2D eigenvalue weighted by atomic mass is 127. The number of nitrogens with zero attached hydrogens (tertiary/aromatic N) is 1. The number of nitrogens with one attached hydrogen (secondary N) is 1. The predicted molar refractivity (Wildman–Crippen MR) is 83.9 cm³/mol. The van der Waals surface area contributed by atoms with Gasteiger partial charge in [-0.3, -0.25) is 4.79 Å². The van der Waals surface area contributed by atoms with Crippen molar-refractivity contribution in [3.05, 3.63) is 57.4 Å². The van der Waals surface area contributed by atoms with Gasteiger partial charge in [-0.15, -0.1) is 0 Å². The number of halogens is 1. The van der Waals surface area contributed by atoms with Crippen molar-refractivity contribution in [1.29, 1.82) is 0 Å². The van der Waals surface area contributed by atoms with E-state index in [9.17, 15) is 10.0 Å². The minimum atomic E-state index is -0.129. The van der Waals surface area contributed by atoms with E-state index in [0.29, 0.717) is 5.03 Å². The van der Waals surface area contributed by atoms with Gasteiger partial charge in [0.1, 0.15) is 0 Å². The summed E-state index contributed by atoms with van der Waals surface area (Å²) in [6.45, 7) is 0. The molecule has 6 heteroatoms. The van der Waals surface area contributed by atoms with Crippen LogP contribution >= 0.6 is 34.4 Å². The maximum Gasteiger partial charge on any atom is 0.251 e. The normalized spacial score (nSPS) is 10.2. The molecule has 0 aliphatic rings. The maximum absolute atomic E-state index is 11.8. The van der Waals surface area contributed by atoms with E-state index in [1.54, 1.807) is 18.2 Å². The molecule has 0 aliphatic carbocycles. The van der Waals surface area contributed by atoms with Gasteiger partial charge < -0.3 is 10.5 Å². The number of pyridine rings is 1. The Morgan fingerprint density at radius 3 is 2.89 bits per heavy atom. The average Bonchev–Trinajstić information content (AvgIpc) is 2.38. The predicted octanol–water partition coefficient (Wildman–Crippen LogP) is 2.66. The lowest BCUT2D eigenvalue weighted by Crippen LogP contribution is -2.28. The van der Waals surface area contributed by atoms with Crippen molar-refractivity contribution in [1.82, 2.24) is 0 Å². The van der Waals surface area contributed by atoms with Gasteiger partial charge in [0.2, 0.25) is 5.91 Å². The van der Waals surface area contributed by atoms with Crippen molar-refractivity contribution in [3.63, 3.8) is 0 Å². The zero-order valence-corrected chi connectivity index (χ0v) is 12.8. The number of rotatable bonds is 4. The number of carbonyl (C=O) groups excluding carboxylic acids is 1. The molecule has 1 aromatic heterocycles. The molecule has 1 amide bonds. The Labute approximate surface area is 128 Å². The monoisotopic (exact) mass is 386 g/mol. The van der Waals surface area contributed by atoms with E-state index >= 15 is 0 Å². The molecule has 98 valence electrons. The van der Waals surface area contributed by atoms with Gasteiger partial charge in [0.25, 0.3) is 5.03 Å². The van der Waals surface area contributed by atoms with Crippen LogP contribution in [0.2, 0.25) is 0 Å². The lowest BCUT2D eigenvalue weighted by atomic mass is 10.3.